The van der Waals surface area contributed by atoms with Gasteiger partial charge in [-0.1, -0.05) is 12.1 Å². The number of methoxy groups -OCH3 is 1. The Balaban J connectivity index is 1.84. The van der Waals surface area contributed by atoms with E-state index in [2.05, 4.69) is 17.9 Å². The fourth-order valence-electron chi connectivity index (χ4n) is 1.68. The molecule has 0 aliphatic heterocycles. The number of carbonyl (C=O) groups excluding carboxylic acids is 1. The summed E-state index contributed by atoms with van der Waals surface area (Å²) < 4.78 is 5.16. The maximum Gasteiger partial charge on any atom is 0.261 e. The zero-order valence-electron chi connectivity index (χ0n) is 10.6. The minimum absolute atomic E-state index is 0.0480. The molecule has 3 nitrogen and oxygen atoms in total. The molecule has 0 fully saturated rings. The van der Waals surface area contributed by atoms with E-state index in [0.717, 1.165) is 22.6 Å². The SMILES string of the molecule is COc1cccc(CCNC(=O)c2cc(S)cs2)c1. The molecular formula is C14H15NO2S2. The van der Waals surface area contributed by atoms with Crippen LogP contribution in [-0.4, -0.2) is 19.6 Å². The number of carbonyl (C=O) groups is 1. The van der Waals surface area contributed by atoms with Crippen molar-refractivity contribution in [3.05, 3.63) is 46.2 Å². The van der Waals surface area contributed by atoms with Gasteiger partial charge in [0, 0.05) is 16.8 Å². The van der Waals surface area contributed by atoms with Gasteiger partial charge in [-0.15, -0.1) is 24.0 Å². The van der Waals surface area contributed by atoms with Crippen LogP contribution in [0.1, 0.15) is 15.2 Å². The van der Waals surface area contributed by atoms with Gasteiger partial charge in [0.25, 0.3) is 5.91 Å². The molecule has 1 heterocycles. The maximum atomic E-state index is 11.8. The lowest BCUT2D eigenvalue weighted by molar-refractivity contribution is 0.0958. The molecular weight excluding hydrogens is 278 g/mol. The van der Waals surface area contributed by atoms with Crippen LogP contribution in [0.2, 0.25) is 0 Å². The summed E-state index contributed by atoms with van der Waals surface area (Å²) in [6.45, 7) is 0.603. The van der Waals surface area contributed by atoms with Crippen molar-refractivity contribution in [3.63, 3.8) is 0 Å². The molecule has 2 rings (SSSR count). The van der Waals surface area contributed by atoms with Crippen molar-refractivity contribution in [1.82, 2.24) is 5.32 Å². The number of amides is 1. The lowest BCUT2D eigenvalue weighted by Crippen LogP contribution is -2.24. The van der Waals surface area contributed by atoms with E-state index in [1.807, 2.05) is 29.6 Å². The third kappa shape index (κ3) is 4.01. The van der Waals surface area contributed by atoms with Gasteiger partial charge >= 0.3 is 0 Å². The van der Waals surface area contributed by atoms with Crippen molar-refractivity contribution in [2.75, 3.05) is 13.7 Å². The van der Waals surface area contributed by atoms with Crippen LogP contribution in [-0.2, 0) is 6.42 Å². The van der Waals surface area contributed by atoms with E-state index in [0.29, 0.717) is 11.4 Å². The highest BCUT2D eigenvalue weighted by Crippen LogP contribution is 2.17. The first-order chi connectivity index (χ1) is 9.19. The van der Waals surface area contributed by atoms with E-state index in [1.165, 1.54) is 11.3 Å². The zero-order valence-corrected chi connectivity index (χ0v) is 12.3. The Bertz CT molecular complexity index is 566. The molecule has 19 heavy (non-hydrogen) atoms. The number of thiophene rings is 1. The average Bonchev–Trinajstić information content (AvgIpc) is 2.86. The molecule has 0 spiro atoms. The Hall–Kier alpha value is -1.46. The van der Waals surface area contributed by atoms with Crippen molar-refractivity contribution in [2.45, 2.75) is 11.3 Å². The van der Waals surface area contributed by atoms with Crippen LogP contribution in [0.5, 0.6) is 5.75 Å². The monoisotopic (exact) mass is 293 g/mol. The number of thiol groups is 1. The van der Waals surface area contributed by atoms with Gasteiger partial charge in [0.1, 0.15) is 5.75 Å². The van der Waals surface area contributed by atoms with Crippen molar-refractivity contribution in [1.29, 1.82) is 0 Å². The zero-order chi connectivity index (χ0) is 13.7. The molecule has 0 bridgehead atoms. The number of nitrogens with one attached hydrogen (secondary N) is 1. The quantitative estimate of drug-likeness (QED) is 0.832. The second-order valence-electron chi connectivity index (χ2n) is 4.03. The second kappa shape index (κ2) is 6.63. The largest absolute Gasteiger partial charge is 0.497 e. The molecule has 0 radical (unpaired) electrons. The van der Waals surface area contributed by atoms with Gasteiger partial charge in [-0.3, -0.25) is 4.79 Å². The summed E-state index contributed by atoms with van der Waals surface area (Å²) in [6, 6.07) is 9.62. The molecule has 1 N–H and O–H groups in total. The Labute approximate surface area is 122 Å². The highest BCUT2D eigenvalue weighted by atomic mass is 32.1. The lowest BCUT2D eigenvalue weighted by Gasteiger charge is -2.05. The summed E-state index contributed by atoms with van der Waals surface area (Å²) in [5, 5.41) is 4.74. The van der Waals surface area contributed by atoms with E-state index in [9.17, 15) is 4.79 Å². The van der Waals surface area contributed by atoms with Crippen molar-refractivity contribution in [3.8, 4) is 5.75 Å². The minimum Gasteiger partial charge on any atom is -0.497 e. The number of benzene rings is 1. The average molecular weight is 293 g/mol. The third-order valence-electron chi connectivity index (χ3n) is 2.64. The molecule has 5 heteroatoms. The highest BCUT2D eigenvalue weighted by Gasteiger charge is 2.07. The van der Waals surface area contributed by atoms with Crippen LogP contribution in [0.3, 0.4) is 0 Å². The predicted molar refractivity (Wildman–Crippen MR) is 80.6 cm³/mol. The summed E-state index contributed by atoms with van der Waals surface area (Å²) in [4.78, 5) is 13.3. The highest BCUT2D eigenvalue weighted by molar-refractivity contribution is 7.80. The molecule has 100 valence electrons. The lowest BCUT2D eigenvalue weighted by atomic mass is 10.1. The summed E-state index contributed by atoms with van der Waals surface area (Å²) in [6.07, 6.45) is 0.780. The van der Waals surface area contributed by atoms with Crippen molar-refractivity contribution < 1.29 is 9.53 Å². The molecule has 0 aliphatic rings. The fraction of sp³-hybridized carbons (Fsp3) is 0.214. The summed E-state index contributed by atoms with van der Waals surface area (Å²) >= 11 is 5.59. The second-order valence-corrected chi connectivity index (χ2v) is 5.45. The van der Waals surface area contributed by atoms with Gasteiger partial charge < -0.3 is 10.1 Å². The number of rotatable bonds is 5. The molecule has 1 amide bonds. The van der Waals surface area contributed by atoms with Gasteiger partial charge in [0.15, 0.2) is 0 Å². The summed E-state index contributed by atoms with van der Waals surface area (Å²) in [5.74, 6) is 0.787. The van der Waals surface area contributed by atoms with Gasteiger partial charge in [-0.2, -0.15) is 0 Å². The van der Waals surface area contributed by atoms with E-state index in [4.69, 9.17) is 4.74 Å². The molecule has 0 saturated carbocycles. The van der Waals surface area contributed by atoms with Crippen LogP contribution in [0.4, 0.5) is 0 Å². The molecule has 0 saturated heterocycles. The maximum absolute atomic E-state index is 11.8. The normalized spacial score (nSPS) is 10.2. The standard InChI is InChI=1S/C14H15NO2S2/c1-17-11-4-2-3-10(7-11)5-6-15-14(16)13-8-12(18)9-19-13/h2-4,7-9,18H,5-6H2,1H3,(H,15,16). The van der Waals surface area contributed by atoms with Crippen LogP contribution in [0.25, 0.3) is 0 Å². The van der Waals surface area contributed by atoms with Gasteiger partial charge in [-0.05, 0) is 30.2 Å². The first-order valence-electron chi connectivity index (χ1n) is 5.87. The topological polar surface area (TPSA) is 38.3 Å². The first kappa shape index (κ1) is 14.0. The minimum atomic E-state index is -0.0480. The Morgan fingerprint density at radius 3 is 2.95 bits per heavy atom. The molecule has 1 aromatic heterocycles. The van der Waals surface area contributed by atoms with Gasteiger partial charge in [0.05, 0.1) is 12.0 Å². The van der Waals surface area contributed by atoms with Crippen LogP contribution in [0, 0.1) is 0 Å². The Morgan fingerprint density at radius 1 is 1.42 bits per heavy atom. The number of hydrogen-bond acceptors (Lipinski definition) is 4. The predicted octanol–water partition coefficient (Wildman–Crippen LogP) is 3.02. The summed E-state index contributed by atoms with van der Waals surface area (Å²) in [5.41, 5.74) is 1.14. The van der Waals surface area contributed by atoms with E-state index < -0.39 is 0 Å². The van der Waals surface area contributed by atoms with Crippen molar-refractivity contribution in [2.24, 2.45) is 0 Å². The molecule has 0 unspecified atom stereocenters. The third-order valence-corrected chi connectivity index (χ3v) is 4.00. The smallest absolute Gasteiger partial charge is 0.261 e. The Morgan fingerprint density at radius 2 is 2.26 bits per heavy atom. The number of ether oxygens (including phenoxy) is 1. The summed E-state index contributed by atoms with van der Waals surface area (Å²) in [7, 11) is 1.65. The number of hydrogen-bond donors (Lipinski definition) is 2. The van der Waals surface area contributed by atoms with Crippen LogP contribution >= 0.6 is 24.0 Å². The molecule has 1 aromatic carbocycles. The fourth-order valence-corrected chi connectivity index (χ4v) is 2.75. The first-order valence-corrected chi connectivity index (χ1v) is 7.20. The molecule has 2 aromatic rings. The molecule has 0 atom stereocenters. The van der Waals surface area contributed by atoms with Gasteiger partial charge in [0.2, 0.25) is 0 Å². The van der Waals surface area contributed by atoms with Crippen LogP contribution < -0.4 is 10.1 Å². The van der Waals surface area contributed by atoms with E-state index in [-0.39, 0.29) is 5.91 Å². The van der Waals surface area contributed by atoms with Crippen molar-refractivity contribution >= 4 is 29.9 Å². The van der Waals surface area contributed by atoms with Crippen LogP contribution in [0.15, 0.2) is 40.6 Å². The molecule has 0 aliphatic carbocycles. The van der Waals surface area contributed by atoms with Gasteiger partial charge in [-0.25, -0.2) is 0 Å². The van der Waals surface area contributed by atoms with E-state index >= 15 is 0 Å². The Kier molecular flexibility index (Phi) is 4.87. The van der Waals surface area contributed by atoms with E-state index in [1.54, 1.807) is 13.2 Å².